The van der Waals surface area contributed by atoms with Crippen LogP contribution < -0.4 is 4.74 Å². The zero-order chi connectivity index (χ0) is 15.5. The molecule has 0 amide bonds. The highest BCUT2D eigenvalue weighted by molar-refractivity contribution is 5.46. The van der Waals surface area contributed by atoms with Crippen molar-refractivity contribution >= 4 is 0 Å². The molecule has 0 N–H and O–H groups in total. The van der Waals surface area contributed by atoms with Gasteiger partial charge in [0.25, 0.3) is 5.89 Å². The number of rotatable bonds is 4. The fourth-order valence-electron chi connectivity index (χ4n) is 2.12. The fraction of sp³-hybridized carbons (Fsp3) is 0.250. The van der Waals surface area contributed by atoms with E-state index in [1.807, 2.05) is 19.9 Å². The highest BCUT2D eigenvalue weighted by Crippen LogP contribution is 2.26. The summed E-state index contributed by atoms with van der Waals surface area (Å²) in [6, 6.07) is 7.67. The van der Waals surface area contributed by atoms with Gasteiger partial charge in [-0.2, -0.15) is 10.1 Å². The van der Waals surface area contributed by atoms with Gasteiger partial charge in [-0.15, -0.1) is 5.10 Å². The van der Waals surface area contributed by atoms with Gasteiger partial charge < -0.3 is 9.26 Å². The second kappa shape index (κ2) is 5.93. The standard InChI is InChI=1S/C16H16N4O2/c1-10-6-7-11(2)15(12(10)3)21-9-14-18-16(20-22-14)13-5-4-8-17-19-13/h4-8H,9H2,1-3H3. The van der Waals surface area contributed by atoms with Gasteiger partial charge in [0, 0.05) is 6.20 Å². The van der Waals surface area contributed by atoms with E-state index in [1.165, 1.54) is 5.56 Å². The Hall–Kier alpha value is -2.76. The molecular formula is C16H16N4O2. The molecule has 0 bridgehead atoms. The summed E-state index contributed by atoms with van der Waals surface area (Å²) >= 11 is 0. The monoisotopic (exact) mass is 296 g/mol. The Balaban J connectivity index is 1.76. The van der Waals surface area contributed by atoms with Crippen LogP contribution in [0.15, 0.2) is 35.0 Å². The number of hydrogen-bond donors (Lipinski definition) is 0. The Bertz CT molecular complexity index is 784. The van der Waals surface area contributed by atoms with Crippen molar-refractivity contribution in [2.45, 2.75) is 27.4 Å². The molecule has 0 saturated carbocycles. The maximum atomic E-state index is 5.85. The van der Waals surface area contributed by atoms with Crippen LogP contribution in [0.3, 0.4) is 0 Å². The van der Waals surface area contributed by atoms with Gasteiger partial charge in [-0.3, -0.25) is 0 Å². The Labute approximate surface area is 128 Å². The van der Waals surface area contributed by atoms with Gasteiger partial charge in [0.05, 0.1) is 0 Å². The normalized spacial score (nSPS) is 10.7. The summed E-state index contributed by atoms with van der Waals surface area (Å²) in [7, 11) is 0. The van der Waals surface area contributed by atoms with Crippen LogP contribution in [0.5, 0.6) is 5.75 Å². The summed E-state index contributed by atoms with van der Waals surface area (Å²) < 4.78 is 11.0. The van der Waals surface area contributed by atoms with E-state index in [1.54, 1.807) is 18.3 Å². The second-order valence-corrected chi connectivity index (χ2v) is 5.06. The van der Waals surface area contributed by atoms with Crippen LogP contribution >= 0.6 is 0 Å². The average Bonchev–Trinajstić information content (AvgIpc) is 3.01. The molecule has 0 aliphatic rings. The predicted molar refractivity (Wildman–Crippen MR) is 80.3 cm³/mol. The van der Waals surface area contributed by atoms with E-state index < -0.39 is 0 Å². The van der Waals surface area contributed by atoms with Crippen LogP contribution in [0.2, 0.25) is 0 Å². The lowest BCUT2D eigenvalue weighted by Gasteiger charge is -2.12. The maximum absolute atomic E-state index is 5.85. The van der Waals surface area contributed by atoms with Crippen LogP contribution in [0.25, 0.3) is 11.5 Å². The zero-order valence-electron chi connectivity index (χ0n) is 12.7. The van der Waals surface area contributed by atoms with Crippen molar-refractivity contribution < 1.29 is 9.26 Å². The SMILES string of the molecule is Cc1ccc(C)c(OCc2nc(-c3cccnn3)no2)c1C. The summed E-state index contributed by atoms with van der Waals surface area (Å²) in [5, 5.41) is 11.6. The highest BCUT2D eigenvalue weighted by Gasteiger charge is 2.12. The van der Waals surface area contributed by atoms with E-state index in [9.17, 15) is 0 Å². The molecule has 0 aliphatic carbocycles. The van der Waals surface area contributed by atoms with Crippen molar-refractivity contribution in [2.24, 2.45) is 0 Å². The van der Waals surface area contributed by atoms with E-state index in [0.29, 0.717) is 17.4 Å². The van der Waals surface area contributed by atoms with Crippen molar-refractivity contribution in [3.8, 4) is 17.3 Å². The maximum Gasteiger partial charge on any atom is 0.264 e. The molecule has 1 aromatic carbocycles. The van der Waals surface area contributed by atoms with Crippen LogP contribution in [-0.2, 0) is 6.61 Å². The molecule has 3 aromatic rings. The summed E-state index contributed by atoms with van der Waals surface area (Å²) in [6.07, 6.45) is 1.59. The molecule has 0 spiro atoms. The number of hydrogen-bond acceptors (Lipinski definition) is 6. The fourth-order valence-corrected chi connectivity index (χ4v) is 2.12. The molecule has 0 unspecified atom stereocenters. The molecular weight excluding hydrogens is 280 g/mol. The minimum Gasteiger partial charge on any atom is -0.483 e. The Morgan fingerprint density at radius 2 is 1.91 bits per heavy atom. The topological polar surface area (TPSA) is 73.9 Å². The summed E-state index contributed by atoms with van der Waals surface area (Å²) in [5.41, 5.74) is 3.96. The van der Waals surface area contributed by atoms with Gasteiger partial charge in [-0.25, -0.2) is 0 Å². The molecule has 2 aromatic heterocycles. The zero-order valence-corrected chi connectivity index (χ0v) is 12.7. The molecule has 112 valence electrons. The molecule has 0 fully saturated rings. The Morgan fingerprint density at radius 1 is 1.09 bits per heavy atom. The van der Waals surface area contributed by atoms with Crippen molar-refractivity contribution in [2.75, 3.05) is 0 Å². The van der Waals surface area contributed by atoms with Gasteiger partial charge in [0.15, 0.2) is 6.61 Å². The number of aromatic nitrogens is 4. The van der Waals surface area contributed by atoms with Gasteiger partial charge in [0.2, 0.25) is 5.82 Å². The molecule has 22 heavy (non-hydrogen) atoms. The minimum absolute atomic E-state index is 0.221. The molecule has 0 radical (unpaired) electrons. The smallest absolute Gasteiger partial charge is 0.264 e. The van der Waals surface area contributed by atoms with E-state index in [-0.39, 0.29) is 6.61 Å². The van der Waals surface area contributed by atoms with E-state index in [0.717, 1.165) is 16.9 Å². The van der Waals surface area contributed by atoms with Gasteiger partial charge in [0.1, 0.15) is 11.4 Å². The summed E-state index contributed by atoms with van der Waals surface area (Å²) in [4.78, 5) is 4.27. The van der Waals surface area contributed by atoms with Gasteiger partial charge >= 0.3 is 0 Å². The first-order chi connectivity index (χ1) is 10.6. The predicted octanol–water partition coefficient (Wildman–Crippen LogP) is 3.03. The molecule has 6 heteroatoms. The lowest BCUT2D eigenvalue weighted by atomic mass is 10.1. The second-order valence-electron chi connectivity index (χ2n) is 5.06. The molecule has 6 nitrogen and oxygen atoms in total. The lowest BCUT2D eigenvalue weighted by molar-refractivity contribution is 0.240. The molecule has 0 aliphatic heterocycles. The first kappa shape index (κ1) is 14.2. The summed E-state index contributed by atoms with van der Waals surface area (Å²) in [6.45, 7) is 6.33. The van der Waals surface area contributed by atoms with Gasteiger partial charge in [-0.05, 0) is 49.6 Å². The van der Waals surface area contributed by atoms with Crippen LogP contribution in [0, 0.1) is 20.8 Å². The average molecular weight is 296 g/mol. The quantitative estimate of drug-likeness (QED) is 0.736. The summed E-state index contributed by atoms with van der Waals surface area (Å²) in [5.74, 6) is 1.67. The molecule has 2 heterocycles. The number of aryl methyl sites for hydroxylation is 2. The molecule has 0 atom stereocenters. The van der Waals surface area contributed by atoms with Gasteiger partial charge in [-0.1, -0.05) is 17.3 Å². The Morgan fingerprint density at radius 3 is 2.68 bits per heavy atom. The van der Waals surface area contributed by atoms with E-state index in [4.69, 9.17) is 9.26 Å². The minimum atomic E-state index is 0.221. The first-order valence-electron chi connectivity index (χ1n) is 6.95. The van der Waals surface area contributed by atoms with Crippen molar-refractivity contribution in [1.29, 1.82) is 0 Å². The van der Waals surface area contributed by atoms with E-state index in [2.05, 4.69) is 33.3 Å². The highest BCUT2D eigenvalue weighted by atomic mass is 16.5. The largest absolute Gasteiger partial charge is 0.483 e. The first-order valence-corrected chi connectivity index (χ1v) is 6.95. The van der Waals surface area contributed by atoms with E-state index >= 15 is 0 Å². The third-order valence-electron chi connectivity index (χ3n) is 3.48. The molecule has 0 saturated heterocycles. The van der Waals surface area contributed by atoms with Crippen molar-refractivity contribution in [3.05, 3.63) is 53.0 Å². The number of nitrogens with zero attached hydrogens (tertiary/aromatic N) is 4. The number of ether oxygens (including phenoxy) is 1. The van der Waals surface area contributed by atoms with Crippen molar-refractivity contribution in [3.63, 3.8) is 0 Å². The Kier molecular flexibility index (Phi) is 3.82. The number of benzene rings is 1. The third-order valence-corrected chi connectivity index (χ3v) is 3.48. The third kappa shape index (κ3) is 2.81. The van der Waals surface area contributed by atoms with Crippen LogP contribution in [0.4, 0.5) is 0 Å². The lowest BCUT2D eigenvalue weighted by Crippen LogP contribution is -2.00. The van der Waals surface area contributed by atoms with Crippen molar-refractivity contribution in [1.82, 2.24) is 20.3 Å². The van der Waals surface area contributed by atoms with Crippen LogP contribution in [0.1, 0.15) is 22.6 Å². The van der Waals surface area contributed by atoms with Crippen LogP contribution in [-0.4, -0.2) is 20.3 Å². The molecule has 3 rings (SSSR count).